The average Bonchev–Trinajstić information content (AvgIpc) is 2.21. The molecule has 0 spiro atoms. The Morgan fingerprint density at radius 1 is 0.706 bits per heavy atom. The van der Waals surface area contributed by atoms with Crippen LogP contribution in [-0.2, 0) is 0 Å². The van der Waals surface area contributed by atoms with Crippen LogP contribution in [0.2, 0.25) is 0 Å². The molecule has 0 aliphatic carbocycles. The van der Waals surface area contributed by atoms with Gasteiger partial charge in [-0.05, 0) is 69.4 Å². The molecule has 2 aromatic rings. The van der Waals surface area contributed by atoms with E-state index in [4.69, 9.17) is 0 Å². The van der Waals surface area contributed by atoms with E-state index in [0.717, 1.165) is 0 Å². The van der Waals surface area contributed by atoms with Gasteiger partial charge in [0, 0.05) is 7.14 Å². The van der Waals surface area contributed by atoms with E-state index in [1.54, 1.807) is 0 Å². The quantitative estimate of drug-likeness (QED) is 0.240. The van der Waals surface area contributed by atoms with Crippen molar-refractivity contribution in [3.05, 3.63) is 67.8 Å². The van der Waals surface area contributed by atoms with Crippen LogP contribution in [0, 0.1) is 19.3 Å². The Labute approximate surface area is 159 Å². The Hall–Kier alpha value is 1.28. The normalized spacial score (nSPS) is 7.18. The summed E-state index contributed by atoms with van der Waals surface area (Å²) in [5.41, 5.74) is 0. The summed E-state index contributed by atoms with van der Waals surface area (Å²) in [6.07, 6.45) is 0. The summed E-state index contributed by atoms with van der Waals surface area (Å²) >= 11 is 4.45. The first-order valence-corrected chi connectivity index (χ1v) is 6.19. The Kier molecular flexibility index (Phi) is 21.1. The molecule has 0 amide bonds. The molecule has 0 aromatic heterocycles. The van der Waals surface area contributed by atoms with Crippen molar-refractivity contribution in [1.29, 1.82) is 0 Å². The smallest absolute Gasteiger partial charge is 1.00 e. The minimum absolute atomic E-state index is 0. The molecule has 0 saturated carbocycles. The minimum Gasteiger partial charge on any atom is -1.00 e. The van der Waals surface area contributed by atoms with E-state index < -0.39 is 0 Å². The molecule has 0 unspecified atom stereocenters. The molecular weight excluding hydrogens is 588 g/mol. The van der Waals surface area contributed by atoms with Crippen LogP contribution >= 0.6 is 45.2 Å². The fourth-order valence-electron chi connectivity index (χ4n) is 0.743. The zero-order chi connectivity index (χ0) is 10.2. The molecule has 0 aliphatic rings. The molecule has 2 rings (SSSR count). The number of rotatable bonds is 0. The van der Waals surface area contributed by atoms with Gasteiger partial charge >= 0.3 is 23.9 Å². The van der Waals surface area contributed by atoms with Crippen molar-refractivity contribution in [2.45, 2.75) is 0 Å². The van der Waals surface area contributed by atoms with E-state index in [0.29, 0.717) is 0 Å². The maximum absolute atomic E-state index is 3.02. The van der Waals surface area contributed by atoms with Crippen LogP contribution in [0.5, 0.6) is 0 Å². The molecule has 2 aromatic carbocycles. The summed E-state index contributed by atoms with van der Waals surface area (Å²) in [7, 11) is 0. The Morgan fingerprint density at radius 2 is 1.06 bits per heavy atom. The zero-order valence-electron chi connectivity index (χ0n) is 8.63. The molecular formula is C12H8Cl2I2Sn. The SMILES string of the molecule is Ic1[c]cccc1.Ic1[c]cccc1.[Cl-].[Cl-].[Sn+2]. The summed E-state index contributed by atoms with van der Waals surface area (Å²) in [4.78, 5) is 0. The molecule has 0 atom stereocenters. The summed E-state index contributed by atoms with van der Waals surface area (Å²) in [6, 6.07) is 21.8. The van der Waals surface area contributed by atoms with Crippen molar-refractivity contribution in [2.75, 3.05) is 0 Å². The molecule has 4 radical (unpaired) electrons. The second-order valence-electron chi connectivity index (χ2n) is 2.42. The van der Waals surface area contributed by atoms with Crippen molar-refractivity contribution in [3.8, 4) is 0 Å². The molecule has 0 aliphatic heterocycles. The third kappa shape index (κ3) is 13.5. The van der Waals surface area contributed by atoms with Gasteiger partial charge in [0.2, 0.25) is 0 Å². The second-order valence-corrected chi connectivity index (χ2v) is 4.75. The summed E-state index contributed by atoms with van der Waals surface area (Å²) in [5, 5.41) is 0. The van der Waals surface area contributed by atoms with Crippen molar-refractivity contribution in [3.63, 3.8) is 0 Å². The van der Waals surface area contributed by atoms with Gasteiger partial charge in [-0.2, -0.15) is 0 Å². The molecule has 0 nitrogen and oxygen atoms in total. The van der Waals surface area contributed by atoms with Gasteiger partial charge in [-0.3, -0.25) is 0 Å². The fourth-order valence-corrected chi connectivity index (χ4v) is 1.52. The Bertz CT molecular complexity index is 320. The monoisotopic (exact) mass is 596 g/mol. The van der Waals surface area contributed by atoms with Crippen LogP contribution in [-0.4, -0.2) is 23.9 Å². The first kappa shape index (κ1) is 23.4. The first-order valence-electron chi connectivity index (χ1n) is 4.03. The molecule has 17 heavy (non-hydrogen) atoms. The second kappa shape index (κ2) is 15.3. The van der Waals surface area contributed by atoms with Gasteiger partial charge in [-0.25, -0.2) is 0 Å². The average molecular weight is 596 g/mol. The predicted octanol–water partition coefficient (Wildman–Crippen LogP) is -2.19. The molecule has 0 bridgehead atoms. The third-order valence-corrected chi connectivity index (χ3v) is 2.68. The van der Waals surface area contributed by atoms with E-state index in [-0.39, 0.29) is 48.7 Å². The van der Waals surface area contributed by atoms with Crippen LogP contribution < -0.4 is 24.8 Å². The molecule has 0 fully saturated rings. The van der Waals surface area contributed by atoms with Crippen molar-refractivity contribution >= 4 is 69.1 Å². The summed E-state index contributed by atoms with van der Waals surface area (Å²) in [6.45, 7) is 0. The van der Waals surface area contributed by atoms with Gasteiger partial charge < -0.3 is 24.8 Å². The van der Waals surface area contributed by atoms with Crippen LogP contribution in [0.25, 0.3) is 0 Å². The van der Waals surface area contributed by atoms with Gasteiger partial charge in [0.1, 0.15) is 0 Å². The largest absolute Gasteiger partial charge is 2.00 e. The number of halogens is 4. The summed E-state index contributed by atoms with van der Waals surface area (Å²) in [5.74, 6) is 0. The first-order chi connectivity index (χ1) is 6.79. The maximum Gasteiger partial charge on any atom is 2.00 e. The maximum atomic E-state index is 3.02. The Balaban J connectivity index is -0.000000196. The van der Waals surface area contributed by atoms with E-state index in [1.807, 2.05) is 48.5 Å². The van der Waals surface area contributed by atoms with E-state index in [1.165, 1.54) is 7.14 Å². The fraction of sp³-hybridized carbons (Fsp3) is 0. The number of hydrogen-bond acceptors (Lipinski definition) is 0. The molecule has 5 heteroatoms. The van der Waals surface area contributed by atoms with Crippen LogP contribution in [0.15, 0.2) is 48.5 Å². The van der Waals surface area contributed by atoms with Crippen LogP contribution in [0.1, 0.15) is 0 Å². The van der Waals surface area contributed by atoms with Crippen LogP contribution in [0.4, 0.5) is 0 Å². The van der Waals surface area contributed by atoms with Gasteiger partial charge in [-0.15, -0.1) is 0 Å². The van der Waals surface area contributed by atoms with E-state index in [9.17, 15) is 0 Å². The molecule has 0 N–H and O–H groups in total. The topological polar surface area (TPSA) is 0 Å². The van der Waals surface area contributed by atoms with Gasteiger partial charge in [0.15, 0.2) is 0 Å². The van der Waals surface area contributed by atoms with Gasteiger partial charge in [0.05, 0.1) is 0 Å². The standard InChI is InChI=1S/2C6H4I.2ClH.Sn/c2*7-6-4-2-1-3-5-6;;;/h2*1-4H;2*1H;/q;;;;+2/p-2. The Morgan fingerprint density at radius 3 is 1.18 bits per heavy atom. The van der Waals surface area contributed by atoms with Crippen molar-refractivity contribution in [2.24, 2.45) is 0 Å². The number of benzene rings is 2. The summed E-state index contributed by atoms with van der Waals surface area (Å²) < 4.78 is 2.33. The third-order valence-electron chi connectivity index (χ3n) is 1.34. The van der Waals surface area contributed by atoms with Crippen molar-refractivity contribution in [1.82, 2.24) is 0 Å². The van der Waals surface area contributed by atoms with Gasteiger partial charge in [-0.1, -0.05) is 36.4 Å². The predicted molar refractivity (Wildman–Crippen MR) is 81.7 cm³/mol. The van der Waals surface area contributed by atoms with Gasteiger partial charge in [0.25, 0.3) is 0 Å². The number of hydrogen-bond donors (Lipinski definition) is 0. The van der Waals surface area contributed by atoms with E-state index in [2.05, 4.69) is 57.3 Å². The minimum atomic E-state index is 0. The van der Waals surface area contributed by atoms with E-state index >= 15 is 0 Å². The van der Waals surface area contributed by atoms with Crippen LogP contribution in [0.3, 0.4) is 0 Å². The van der Waals surface area contributed by atoms with Crippen molar-refractivity contribution < 1.29 is 24.8 Å². The molecule has 0 saturated heterocycles. The zero-order valence-corrected chi connectivity index (χ0v) is 17.3. The molecule has 0 heterocycles. The molecule has 88 valence electrons.